The van der Waals surface area contributed by atoms with Crippen molar-refractivity contribution in [2.24, 2.45) is 11.8 Å². The van der Waals surface area contributed by atoms with E-state index in [0.717, 1.165) is 0 Å². The van der Waals surface area contributed by atoms with Crippen molar-refractivity contribution >= 4 is 11.8 Å². The fraction of sp³-hybridized carbons (Fsp3) is 0.455. The SMILES string of the molecule is C=C1C(=O)C(C)=C(C(C)C)C1C(=O)O. The third kappa shape index (κ3) is 1.39. The Balaban J connectivity index is 3.26. The monoisotopic (exact) mass is 194 g/mol. The number of carboxylic acids is 1. The van der Waals surface area contributed by atoms with E-state index in [2.05, 4.69) is 6.58 Å². The van der Waals surface area contributed by atoms with Gasteiger partial charge < -0.3 is 5.11 Å². The van der Waals surface area contributed by atoms with Gasteiger partial charge in [-0.05, 0) is 24.0 Å². The molecule has 1 unspecified atom stereocenters. The Kier molecular flexibility index (Phi) is 2.60. The molecule has 0 spiro atoms. The van der Waals surface area contributed by atoms with Crippen LogP contribution in [0.1, 0.15) is 20.8 Å². The molecule has 3 nitrogen and oxygen atoms in total. The van der Waals surface area contributed by atoms with Crippen LogP contribution >= 0.6 is 0 Å². The van der Waals surface area contributed by atoms with Crippen molar-refractivity contribution in [1.29, 1.82) is 0 Å². The van der Waals surface area contributed by atoms with Crippen molar-refractivity contribution in [1.82, 2.24) is 0 Å². The topological polar surface area (TPSA) is 54.4 Å². The molecule has 76 valence electrons. The van der Waals surface area contributed by atoms with Crippen LogP contribution in [0.2, 0.25) is 0 Å². The summed E-state index contributed by atoms with van der Waals surface area (Å²) in [4.78, 5) is 22.5. The smallest absolute Gasteiger partial charge is 0.315 e. The van der Waals surface area contributed by atoms with E-state index in [4.69, 9.17) is 5.11 Å². The van der Waals surface area contributed by atoms with Crippen LogP contribution in [0.3, 0.4) is 0 Å². The molecule has 0 aromatic carbocycles. The minimum atomic E-state index is -0.982. The van der Waals surface area contributed by atoms with E-state index in [1.54, 1.807) is 6.92 Å². The number of carboxylic acid groups (broad SMARTS) is 1. The van der Waals surface area contributed by atoms with Crippen LogP contribution < -0.4 is 0 Å². The summed E-state index contributed by atoms with van der Waals surface area (Å²) >= 11 is 0. The second-order valence-electron chi connectivity index (χ2n) is 3.86. The summed E-state index contributed by atoms with van der Waals surface area (Å²) in [6.45, 7) is 9.00. The zero-order valence-corrected chi connectivity index (χ0v) is 8.63. The lowest BCUT2D eigenvalue weighted by Gasteiger charge is -2.14. The van der Waals surface area contributed by atoms with Gasteiger partial charge in [0.2, 0.25) is 0 Å². The van der Waals surface area contributed by atoms with Gasteiger partial charge >= 0.3 is 5.97 Å². The molecule has 0 aromatic heterocycles. The van der Waals surface area contributed by atoms with Gasteiger partial charge in [0.05, 0.1) is 0 Å². The summed E-state index contributed by atoms with van der Waals surface area (Å²) in [5.41, 5.74) is 1.45. The molecule has 0 bridgehead atoms. The number of allylic oxidation sites excluding steroid dienone is 1. The van der Waals surface area contributed by atoms with E-state index in [1.807, 2.05) is 13.8 Å². The highest BCUT2D eigenvalue weighted by molar-refractivity contribution is 6.15. The molecule has 1 N–H and O–H groups in total. The number of Topliss-reactive ketones (excluding diaryl/α,β-unsaturated/α-hetero) is 1. The van der Waals surface area contributed by atoms with Gasteiger partial charge in [-0.25, -0.2) is 0 Å². The summed E-state index contributed by atoms with van der Waals surface area (Å²) in [6, 6.07) is 0. The summed E-state index contributed by atoms with van der Waals surface area (Å²) in [5.74, 6) is -1.92. The minimum absolute atomic E-state index is 0.0688. The molecule has 0 heterocycles. The van der Waals surface area contributed by atoms with E-state index in [1.165, 1.54) is 0 Å². The van der Waals surface area contributed by atoms with Gasteiger partial charge in [0.15, 0.2) is 5.78 Å². The molecule has 1 atom stereocenters. The van der Waals surface area contributed by atoms with E-state index >= 15 is 0 Å². The first kappa shape index (κ1) is 10.7. The Hall–Kier alpha value is -1.38. The van der Waals surface area contributed by atoms with Gasteiger partial charge in [-0.2, -0.15) is 0 Å². The Bertz CT molecular complexity index is 348. The van der Waals surface area contributed by atoms with Gasteiger partial charge in [-0.3, -0.25) is 9.59 Å². The van der Waals surface area contributed by atoms with Crippen molar-refractivity contribution in [3.63, 3.8) is 0 Å². The van der Waals surface area contributed by atoms with Gasteiger partial charge in [-0.1, -0.05) is 20.4 Å². The number of carbonyl (C=O) groups is 2. The Labute approximate surface area is 83.1 Å². The van der Waals surface area contributed by atoms with E-state index in [0.29, 0.717) is 11.1 Å². The normalized spacial score (nSPS) is 22.4. The number of rotatable bonds is 2. The zero-order valence-electron chi connectivity index (χ0n) is 8.63. The second kappa shape index (κ2) is 3.40. The highest BCUT2D eigenvalue weighted by Gasteiger charge is 2.39. The molecule has 0 amide bonds. The number of ketones is 1. The maximum absolute atomic E-state index is 11.5. The Morgan fingerprint density at radius 1 is 1.50 bits per heavy atom. The molecule has 0 aromatic rings. The average Bonchev–Trinajstić information content (AvgIpc) is 2.29. The highest BCUT2D eigenvalue weighted by atomic mass is 16.4. The van der Waals surface area contributed by atoms with Crippen molar-refractivity contribution in [3.05, 3.63) is 23.3 Å². The molecule has 3 heteroatoms. The van der Waals surface area contributed by atoms with Crippen molar-refractivity contribution in [2.45, 2.75) is 20.8 Å². The summed E-state index contributed by atoms with van der Waals surface area (Å²) in [7, 11) is 0. The minimum Gasteiger partial charge on any atom is -0.481 e. The molecule has 1 aliphatic carbocycles. The molecule has 0 aliphatic heterocycles. The summed E-state index contributed by atoms with van der Waals surface area (Å²) < 4.78 is 0. The number of hydrogen-bond donors (Lipinski definition) is 1. The quantitative estimate of drug-likeness (QED) is 0.682. The first-order chi connectivity index (χ1) is 6.37. The molecule has 1 rings (SSSR count). The molecule has 0 radical (unpaired) electrons. The largest absolute Gasteiger partial charge is 0.481 e. The third-order valence-corrected chi connectivity index (χ3v) is 2.59. The predicted molar refractivity (Wildman–Crippen MR) is 52.8 cm³/mol. The van der Waals surface area contributed by atoms with E-state index in [-0.39, 0.29) is 17.3 Å². The fourth-order valence-electron chi connectivity index (χ4n) is 1.96. The highest BCUT2D eigenvalue weighted by Crippen LogP contribution is 2.37. The molecular formula is C11H14O3. The van der Waals surface area contributed by atoms with Gasteiger partial charge in [0.1, 0.15) is 5.92 Å². The second-order valence-corrected chi connectivity index (χ2v) is 3.86. The molecule has 0 saturated carbocycles. The molecule has 0 saturated heterocycles. The van der Waals surface area contributed by atoms with E-state index in [9.17, 15) is 9.59 Å². The van der Waals surface area contributed by atoms with Crippen LogP contribution in [-0.4, -0.2) is 16.9 Å². The zero-order chi connectivity index (χ0) is 11.0. The maximum atomic E-state index is 11.5. The van der Waals surface area contributed by atoms with Gasteiger partial charge in [0.25, 0.3) is 0 Å². The van der Waals surface area contributed by atoms with Crippen LogP contribution in [0.15, 0.2) is 23.3 Å². The van der Waals surface area contributed by atoms with Crippen LogP contribution in [0, 0.1) is 11.8 Å². The number of carbonyl (C=O) groups excluding carboxylic acids is 1. The van der Waals surface area contributed by atoms with Gasteiger partial charge in [0, 0.05) is 5.57 Å². The summed E-state index contributed by atoms with van der Waals surface area (Å²) in [5, 5.41) is 8.99. The molecule has 1 aliphatic rings. The Morgan fingerprint density at radius 2 is 2.00 bits per heavy atom. The lowest BCUT2D eigenvalue weighted by Crippen LogP contribution is -2.18. The van der Waals surface area contributed by atoms with E-state index < -0.39 is 11.9 Å². The number of aliphatic carboxylic acids is 1. The first-order valence-corrected chi connectivity index (χ1v) is 4.54. The van der Waals surface area contributed by atoms with Crippen molar-refractivity contribution in [3.8, 4) is 0 Å². The van der Waals surface area contributed by atoms with Crippen molar-refractivity contribution < 1.29 is 14.7 Å². The molecule has 14 heavy (non-hydrogen) atoms. The predicted octanol–water partition coefficient (Wildman–Crippen LogP) is 1.80. The lowest BCUT2D eigenvalue weighted by molar-refractivity contribution is -0.139. The molecular weight excluding hydrogens is 180 g/mol. The Morgan fingerprint density at radius 3 is 2.29 bits per heavy atom. The van der Waals surface area contributed by atoms with Crippen LogP contribution in [0.4, 0.5) is 0 Å². The van der Waals surface area contributed by atoms with Crippen LogP contribution in [-0.2, 0) is 9.59 Å². The standard InChI is InChI=1S/C11H14O3/c1-5(2)8-6(3)10(12)7(4)9(8)11(13)14/h5,9H,4H2,1-3H3,(H,13,14). The average molecular weight is 194 g/mol. The lowest BCUT2D eigenvalue weighted by atomic mass is 9.90. The number of hydrogen-bond acceptors (Lipinski definition) is 2. The first-order valence-electron chi connectivity index (χ1n) is 4.54. The van der Waals surface area contributed by atoms with Crippen molar-refractivity contribution in [2.75, 3.05) is 0 Å². The van der Waals surface area contributed by atoms with Crippen LogP contribution in [0.5, 0.6) is 0 Å². The van der Waals surface area contributed by atoms with Gasteiger partial charge in [-0.15, -0.1) is 0 Å². The van der Waals surface area contributed by atoms with Crippen LogP contribution in [0.25, 0.3) is 0 Å². The molecule has 0 fully saturated rings. The maximum Gasteiger partial charge on any atom is 0.315 e. The third-order valence-electron chi connectivity index (χ3n) is 2.59. The summed E-state index contributed by atoms with van der Waals surface area (Å²) in [6.07, 6.45) is 0. The fourth-order valence-corrected chi connectivity index (χ4v) is 1.96.